The van der Waals surface area contributed by atoms with E-state index in [0.717, 1.165) is 6.54 Å². The van der Waals surface area contributed by atoms with Gasteiger partial charge in [-0.3, -0.25) is 4.57 Å². The first-order valence-corrected chi connectivity index (χ1v) is 13.7. The highest BCUT2D eigenvalue weighted by Crippen LogP contribution is 2.30. The number of fused-ring (bicyclic) bond motifs is 1. The number of ether oxygens (including phenoxy) is 1. The van der Waals surface area contributed by atoms with Crippen molar-refractivity contribution in [1.82, 2.24) is 24.6 Å². The van der Waals surface area contributed by atoms with Crippen LogP contribution in [0.5, 0.6) is 0 Å². The number of rotatable bonds is 9. The molecule has 0 atom stereocenters. The summed E-state index contributed by atoms with van der Waals surface area (Å²) in [6.07, 6.45) is 3.49. The van der Waals surface area contributed by atoms with Gasteiger partial charge in [0, 0.05) is 32.2 Å². The smallest absolute Gasteiger partial charge is 0.296 e. The summed E-state index contributed by atoms with van der Waals surface area (Å²) in [6.45, 7) is 4.61. The van der Waals surface area contributed by atoms with E-state index < -0.39 is 13.1 Å². The van der Waals surface area contributed by atoms with Gasteiger partial charge in [0.1, 0.15) is 18.3 Å². The largest absolute Gasteiger partial charge is 0.378 e. The van der Waals surface area contributed by atoms with Gasteiger partial charge in [0.15, 0.2) is 5.82 Å². The quantitative estimate of drug-likeness (QED) is 0.268. The van der Waals surface area contributed by atoms with Crippen LogP contribution in [0, 0.1) is 5.92 Å². The molecule has 3 heterocycles. The normalized spacial score (nSPS) is 16.5. The third-order valence-electron chi connectivity index (χ3n) is 6.99. The number of alkyl halides is 3. The van der Waals surface area contributed by atoms with Crippen LogP contribution in [-0.4, -0.2) is 77.3 Å². The van der Waals surface area contributed by atoms with Crippen LogP contribution in [0.25, 0.3) is 16.9 Å². The molecule has 3 aromatic rings. The second-order valence-corrected chi connectivity index (χ2v) is 9.68. The number of aromatic nitrogens is 4. The van der Waals surface area contributed by atoms with Crippen LogP contribution in [0.3, 0.4) is 0 Å². The minimum Gasteiger partial charge on any atom is -0.378 e. The molecule has 0 spiro atoms. The Morgan fingerprint density at radius 2 is 1.77 bits per heavy atom. The molecule has 1 aromatic carbocycles. The number of morpholine rings is 1. The Morgan fingerprint density at radius 3 is 2.44 bits per heavy atom. The van der Waals surface area contributed by atoms with Crippen molar-refractivity contribution in [2.75, 3.05) is 62.8 Å². The topological polar surface area (TPSA) is 71.3 Å². The highest BCUT2D eigenvalue weighted by atomic mass is 19.3. The zero-order valence-electron chi connectivity index (χ0n) is 22.3. The number of imidazole rings is 1. The maximum Gasteiger partial charge on any atom is 0.296 e. The van der Waals surface area contributed by atoms with Crippen LogP contribution in [-0.2, 0) is 4.74 Å². The van der Waals surface area contributed by atoms with Gasteiger partial charge in [-0.05, 0) is 37.8 Å². The number of hydrogen-bond donors (Lipinski definition) is 1. The van der Waals surface area contributed by atoms with E-state index in [9.17, 15) is 17.7 Å². The second-order valence-electron chi connectivity index (χ2n) is 9.68. The first-order valence-electron chi connectivity index (χ1n) is 13.7. The summed E-state index contributed by atoms with van der Waals surface area (Å²) in [6, 6.07) is 8.92. The fourth-order valence-corrected chi connectivity index (χ4v) is 4.88. The highest BCUT2D eigenvalue weighted by molar-refractivity contribution is 5.78. The van der Waals surface area contributed by atoms with Crippen molar-refractivity contribution in [2.45, 2.75) is 45.5 Å². The third-order valence-corrected chi connectivity index (χ3v) is 6.99. The molecule has 2 aromatic heterocycles. The molecular formula is C27H37F4N7O. The van der Waals surface area contributed by atoms with Crippen LogP contribution in [0.15, 0.2) is 30.3 Å². The summed E-state index contributed by atoms with van der Waals surface area (Å²) in [5, 5.41) is 3.82. The summed E-state index contributed by atoms with van der Waals surface area (Å²) in [5.74, 6) is 1.86. The first kappa shape index (κ1) is 29.0. The van der Waals surface area contributed by atoms with Gasteiger partial charge in [-0.1, -0.05) is 31.4 Å². The van der Waals surface area contributed by atoms with Crippen LogP contribution < -0.4 is 10.2 Å². The molecule has 39 heavy (non-hydrogen) atoms. The van der Waals surface area contributed by atoms with Gasteiger partial charge in [-0.15, -0.1) is 9.60 Å². The van der Waals surface area contributed by atoms with E-state index in [1.807, 2.05) is 6.07 Å². The average Bonchev–Trinajstić information content (AvgIpc) is 3.38. The second kappa shape index (κ2) is 14.4. The summed E-state index contributed by atoms with van der Waals surface area (Å²) < 4.78 is 57.7. The van der Waals surface area contributed by atoms with Crippen LogP contribution in [0.2, 0.25) is 0 Å². The van der Waals surface area contributed by atoms with Crippen molar-refractivity contribution in [3.8, 4) is 5.82 Å². The Labute approximate surface area is 226 Å². The predicted octanol–water partition coefficient (Wildman–Crippen LogP) is 5.74. The summed E-state index contributed by atoms with van der Waals surface area (Å²) in [4.78, 5) is 15.7. The fraction of sp³-hybridized carbons (Fsp3) is 0.593. The molecular weight excluding hydrogens is 514 g/mol. The zero-order chi connectivity index (χ0) is 27.6. The molecule has 12 heteroatoms. The third kappa shape index (κ3) is 7.78. The molecule has 0 unspecified atom stereocenters. The number of para-hydroxylation sites is 2. The standard InChI is InChI=1S/C23H28F2N6O.C4H9F2N/c24-21(25)22-27-17-8-4-5-9-18(17)31(22)20-14-19(30-10-12-32-13-11-30)28-23(29-20)26-15-16-6-2-1-3-7-16;1-2-7(6)4-3-5/h4-5,8-9,14,16,21H,1-3,6-7,10-13,15H2,(H,26,28,29);2-4H2,1H3. The molecule has 1 N–H and O–H groups in total. The van der Waals surface area contributed by atoms with E-state index in [1.54, 1.807) is 31.2 Å². The molecule has 1 saturated heterocycles. The molecule has 1 aliphatic heterocycles. The number of benzene rings is 1. The van der Waals surface area contributed by atoms with Gasteiger partial charge >= 0.3 is 0 Å². The van der Waals surface area contributed by atoms with Crippen LogP contribution in [0.4, 0.5) is 29.4 Å². The summed E-state index contributed by atoms with van der Waals surface area (Å²) in [5.41, 5.74) is 1.12. The lowest BCUT2D eigenvalue weighted by atomic mass is 9.89. The maximum atomic E-state index is 13.9. The van der Waals surface area contributed by atoms with Gasteiger partial charge in [0.05, 0.1) is 30.8 Å². The molecule has 5 rings (SSSR count). The first-order chi connectivity index (χ1) is 19.0. The highest BCUT2D eigenvalue weighted by Gasteiger charge is 2.23. The molecule has 1 aliphatic carbocycles. The Kier molecular flexibility index (Phi) is 10.7. The molecule has 1 saturated carbocycles. The van der Waals surface area contributed by atoms with Crippen molar-refractivity contribution in [3.63, 3.8) is 0 Å². The van der Waals surface area contributed by atoms with Gasteiger partial charge in [0.25, 0.3) is 6.43 Å². The van der Waals surface area contributed by atoms with Gasteiger partial charge in [-0.2, -0.15) is 9.97 Å². The Hall–Kier alpha value is -2.99. The Bertz CT molecular complexity index is 1170. The van der Waals surface area contributed by atoms with E-state index in [4.69, 9.17) is 9.72 Å². The van der Waals surface area contributed by atoms with Gasteiger partial charge < -0.3 is 15.0 Å². The number of halogens is 4. The van der Waals surface area contributed by atoms with Crippen molar-refractivity contribution in [3.05, 3.63) is 36.2 Å². The van der Waals surface area contributed by atoms with Crippen molar-refractivity contribution >= 4 is 22.8 Å². The van der Waals surface area contributed by atoms with E-state index in [2.05, 4.69) is 20.2 Å². The number of anilines is 2. The molecule has 214 valence electrons. The summed E-state index contributed by atoms with van der Waals surface area (Å²) >= 11 is 0. The number of nitrogens with zero attached hydrogens (tertiary/aromatic N) is 6. The van der Waals surface area contributed by atoms with Crippen LogP contribution >= 0.6 is 0 Å². The fourth-order valence-electron chi connectivity index (χ4n) is 4.88. The lowest BCUT2D eigenvalue weighted by Gasteiger charge is -2.28. The van der Waals surface area contributed by atoms with E-state index in [1.165, 1.54) is 36.7 Å². The van der Waals surface area contributed by atoms with E-state index in [-0.39, 0.29) is 18.9 Å². The molecule has 0 radical (unpaired) electrons. The van der Waals surface area contributed by atoms with Crippen molar-refractivity contribution in [1.29, 1.82) is 0 Å². The van der Waals surface area contributed by atoms with Crippen molar-refractivity contribution < 1.29 is 22.4 Å². The summed E-state index contributed by atoms with van der Waals surface area (Å²) in [7, 11) is 0. The van der Waals surface area contributed by atoms with Gasteiger partial charge in [-0.25, -0.2) is 18.2 Å². The minimum absolute atomic E-state index is 0.101. The molecule has 8 nitrogen and oxygen atoms in total. The number of nitrogens with one attached hydrogen (secondary N) is 1. The monoisotopic (exact) mass is 551 g/mol. The van der Waals surface area contributed by atoms with Crippen LogP contribution in [0.1, 0.15) is 51.3 Å². The molecule has 0 amide bonds. The maximum absolute atomic E-state index is 13.9. The molecule has 2 aliphatic rings. The average molecular weight is 552 g/mol. The molecule has 0 bridgehead atoms. The van der Waals surface area contributed by atoms with Crippen molar-refractivity contribution in [2.24, 2.45) is 5.92 Å². The predicted molar refractivity (Wildman–Crippen MR) is 144 cm³/mol. The number of hydrogen-bond acceptors (Lipinski definition) is 7. The Balaban J connectivity index is 0.000000448. The SMILES string of the molecule is CCN(F)CCF.FC(F)c1nc2ccccc2n1-c1cc(N2CCOCC2)nc(NCC2CCCCC2)n1. The molecule has 2 fully saturated rings. The lowest BCUT2D eigenvalue weighted by molar-refractivity contribution is 0.0261. The lowest BCUT2D eigenvalue weighted by Crippen LogP contribution is -2.37. The van der Waals surface area contributed by atoms with E-state index >= 15 is 0 Å². The zero-order valence-corrected chi connectivity index (χ0v) is 22.3. The Morgan fingerprint density at radius 1 is 1.05 bits per heavy atom. The van der Waals surface area contributed by atoms with E-state index in [0.29, 0.717) is 66.0 Å². The van der Waals surface area contributed by atoms with Gasteiger partial charge in [0.2, 0.25) is 5.95 Å². The minimum atomic E-state index is -2.72.